The maximum Gasteiger partial charge on any atom is 0.160 e. The lowest BCUT2D eigenvalue weighted by Gasteiger charge is -2.32. The molecule has 4 nitrogen and oxygen atoms in total. The molecule has 124 valence electrons. The minimum atomic E-state index is -0.0522. The van der Waals surface area contributed by atoms with Crippen molar-refractivity contribution in [2.75, 3.05) is 5.75 Å². The molecule has 0 spiro atoms. The van der Waals surface area contributed by atoms with E-state index in [4.69, 9.17) is 16.6 Å². The van der Waals surface area contributed by atoms with Gasteiger partial charge in [-0.25, -0.2) is 0 Å². The van der Waals surface area contributed by atoms with Crippen LogP contribution < -0.4 is 0 Å². The summed E-state index contributed by atoms with van der Waals surface area (Å²) < 4.78 is 0. The first kappa shape index (κ1) is 15.8. The first-order valence-electron chi connectivity index (χ1n) is 8.07. The molecular formula is C18H18ClN3OS. The van der Waals surface area contributed by atoms with E-state index in [9.17, 15) is 5.11 Å². The van der Waals surface area contributed by atoms with E-state index < -0.39 is 0 Å². The molecule has 2 aromatic rings. The fraction of sp³-hybridized carbons (Fsp3) is 0.333. The number of amidine groups is 1. The smallest absolute Gasteiger partial charge is 0.160 e. The van der Waals surface area contributed by atoms with Crippen LogP contribution in [0.2, 0.25) is 5.02 Å². The van der Waals surface area contributed by atoms with Gasteiger partial charge in [0, 0.05) is 18.0 Å². The van der Waals surface area contributed by atoms with Crippen molar-refractivity contribution < 1.29 is 5.11 Å². The van der Waals surface area contributed by atoms with Gasteiger partial charge in [0.2, 0.25) is 0 Å². The maximum atomic E-state index is 9.76. The number of hydrogen-bond acceptors (Lipinski definition) is 5. The number of phenolic OH excluding ortho intramolecular Hbond substituents is 1. The minimum absolute atomic E-state index is 0.0522. The second kappa shape index (κ2) is 6.30. The van der Waals surface area contributed by atoms with Crippen LogP contribution in [0.3, 0.4) is 0 Å². The lowest BCUT2D eigenvalue weighted by atomic mass is 9.95. The van der Waals surface area contributed by atoms with Crippen molar-refractivity contribution in [2.45, 2.75) is 31.5 Å². The van der Waals surface area contributed by atoms with Crippen molar-refractivity contribution in [3.63, 3.8) is 0 Å². The number of thioether (sulfide) groups is 1. The molecule has 1 aromatic carbocycles. The molecule has 24 heavy (non-hydrogen) atoms. The van der Waals surface area contributed by atoms with E-state index in [0.717, 1.165) is 28.6 Å². The number of pyridine rings is 1. The van der Waals surface area contributed by atoms with Crippen molar-refractivity contribution in [3.05, 3.63) is 58.9 Å². The number of fused-ring (bicyclic) bond motifs is 1. The number of nitrogens with zero attached hydrogens (tertiary/aromatic N) is 3. The minimum Gasteiger partial charge on any atom is -0.506 e. The molecule has 3 atom stereocenters. The number of phenols is 1. The molecule has 2 aliphatic rings. The molecule has 0 saturated carbocycles. The van der Waals surface area contributed by atoms with Crippen LogP contribution in [-0.4, -0.2) is 32.0 Å². The van der Waals surface area contributed by atoms with Crippen LogP contribution in [0, 0.1) is 0 Å². The predicted octanol–water partition coefficient (Wildman–Crippen LogP) is 4.42. The standard InChI is InChI=1S/C18H18ClN3OS/c1-2-12-10-24-18-21-16(14-5-3-4-8-20-14)17(22(12)18)11-6-7-15(23)13(19)9-11/h3-9,12,16-17,23H,2,10H2,1H3/t12-,16+,17-/m1/s1. The summed E-state index contributed by atoms with van der Waals surface area (Å²) in [6.45, 7) is 2.21. The van der Waals surface area contributed by atoms with Gasteiger partial charge in [0.15, 0.2) is 5.17 Å². The van der Waals surface area contributed by atoms with E-state index >= 15 is 0 Å². The number of aliphatic imine (C=N–C) groups is 1. The van der Waals surface area contributed by atoms with Crippen LogP contribution in [-0.2, 0) is 0 Å². The Labute approximate surface area is 150 Å². The second-order valence-electron chi connectivity index (χ2n) is 6.05. The van der Waals surface area contributed by atoms with Gasteiger partial charge in [-0.3, -0.25) is 9.98 Å². The Morgan fingerprint density at radius 2 is 2.21 bits per heavy atom. The monoisotopic (exact) mass is 359 g/mol. The van der Waals surface area contributed by atoms with Crippen molar-refractivity contribution >= 4 is 28.5 Å². The van der Waals surface area contributed by atoms with Gasteiger partial charge in [0.1, 0.15) is 11.8 Å². The molecule has 0 aliphatic carbocycles. The Bertz CT molecular complexity index is 783. The summed E-state index contributed by atoms with van der Waals surface area (Å²) in [5, 5.41) is 11.2. The third-order valence-electron chi connectivity index (χ3n) is 4.64. The number of aromatic hydroxyl groups is 1. The van der Waals surface area contributed by atoms with Gasteiger partial charge in [0.05, 0.1) is 16.8 Å². The molecule has 1 N–H and O–H groups in total. The number of halogens is 1. The summed E-state index contributed by atoms with van der Waals surface area (Å²) >= 11 is 7.99. The van der Waals surface area contributed by atoms with Crippen LogP contribution in [0.1, 0.15) is 36.7 Å². The third-order valence-corrected chi connectivity index (χ3v) is 6.07. The van der Waals surface area contributed by atoms with Gasteiger partial charge in [-0.05, 0) is 36.2 Å². The van der Waals surface area contributed by atoms with E-state index in [-0.39, 0.29) is 17.8 Å². The second-order valence-corrected chi connectivity index (χ2v) is 7.44. The molecule has 0 unspecified atom stereocenters. The average molecular weight is 360 g/mol. The van der Waals surface area contributed by atoms with E-state index in [1.165, 1.54) is 0 Å². The van der Waals surface area contributed by atoms with Crippen molar-refractivity contribution in [1.29, 1.82) is 0 Å². The Morgan fingerprint density at radius 1 is 1.33 bits per heavy atom. The number of rotatable bonds is 3. The summed E-state index contributed by atoms with van der Waals surface area (Å²) in [5.74, 6) is 1.17. The van der Waals surface area contributed by atoms with E-state index in [0.29, 0.717) is 11.1 Å². The Balaban J connectivity index is 1.80. The largest absolute Gasteiger partial charge is 0.506 e. The lowest BCUT2D eigenvalue weighted by Crippen LogP contribution is -2.35. The molecule has 1 saturated heterocycles. The lowest BCUT2D eigenvalue weighted by molar-refractivity contribution is 0.255. The Hall–Kier alpha value is -1.72. The molecule has 0 radical (unpaired) electrons. The van der Waals surface area contributed by atoms with Gasteiger partial charge in [-0.2, -0.15) is 0 Å². The van der Waals surface area contributed by atoms with Crippen LogP contribution in [0.5, 0.6) is 5.75 Å². The summed E-state index contributed by atoms with van der Waals surface area (Å²) in [4.78, 5) is 11.9. The first-order valence-corrected chi connectivity index (χ1v) is 9.43. The Kier molecular flexibility index (Phi) is 4.14. The van der Waals surface area contributed by atoms with Gasteiger partial charge in [-0.15, -0.1) is 0 Å². The zero-order chi connectivity index (χ0) is 16.7. The van der Waals surface area contributed by atoms with E-state index in [1.807, 2.05) is 48.3 Å². The summed E-state index contributed by atoms with van der Waals surface area (Å²) in [7, 11) is 0. The fourth-order valence-corrected chi connectivity index (χ4v) is 4.94. The summed E-state index contributed by atoms with van der Waals surface area (Å²) in [5.41, 5.74) is 2.03. The van der Waals surface area contributed by atoms with Crippen LogP contribution in [0.15, 0.2) is 47.6 Å². The van der Waals surface area contributed by atoms with Crippen molar-refractivity contribution in [2.24, 2.45) is 4.99 Å². The maximum absolute atomic E-state index is 9.76. The quantitative estimate of drug-likeness (QED) is 0.881. The van der Waals surface area contributed by atoms with E-state index in [2.05, 4.69) is 16.8 Å². The molecule has 2 aliphatic heterocycles. The van der Waals surface area contributed by atoms with Gasteiger partial charge in [0.25, 0.3) is 0 Å². The molecule has 6 heteroatoms. The van der Waals surface area contributed by atoms with Crippen LogP contribution >= 0.6 is 23.4 Å². The molecule has 0 amide bonds. The molecule has 3 heterocycles. The molecular weight excluding hydrogens is 342 g/mol. The number of aromatic nitrogens is 1. The SMILES string of the molecule is CC[C@@H]1CSC2=N[C@@H](c3ccccn3)[C@@H](c3ccc(O)c(Cl)c3)N21. The summed E-state index contributed by atoms with van der Waals surface area (Å²) in [6, 6.07) is 11.9. The number of hydrogen-bond donors (Lipinski definition) is 1. The first-order chi connectivity index (χ1) is 11.7. The van der Waals surface area contributed by atoms with Crippen molar-refractivity contribution in [3.8, 4) is 5.75 Å². The topological polar surface area (TPSA) is 48.7 Å². The highest BCUT2D eigenvalue weighted by atomic mass is 35.5. The zero-order valence-electron chi connectivity index (χ0n) is 13.3. The van der Waals surface area contributed by atoms with Gasteiger partial charge in [-0.1, -0.05) is 42.4 Å². The molecule has 4 rings (SSSR count). The molecule has 1 aromatic heterocycles. The number of benzene rings is 1. The average Bonchev–Trinajstić information content (AvgIpc) is 3.17. The fourth-order valence-electron chi connectivity index (χ4n) is 3.42. The normalized spacial score (nSPS) is 25.7. The third kappa shape index (κ3) is 2.56. The molecule has 1 fully saturated rings. The van der Waals surface area contributed by atoms with Gasteiger partial charge < -0.3 is 10.0 Å². The Morgan fingerprint density at radius 3 is 2.92 bits per heavy atom. The van der Waals surface area contributed by atoms with E-state index in [1.54, 1.807) is 6.07 Å². The molecule has 0 bridgehead atoms. The highest BCUT2D eigenvalue weighted by Crippen LogP contribution is 2.49. The van der Waals surface area contributed by atoms with Crippen molar-refractivity contribution in [1.82, 2.24) is 9.88 Å². The predicted molar refractivity (Wildman–Crippen MR) is 98.6 cm³/mol. The zero-order valence-corrected chi connectivity index (χ0v) is 14.8. The highest BCUT2D eigenvalue weighted by Gasteiger charge is 2.45. The summed E-state index contributed by atoms with van der Waals surface area (Å²) in [6.07, 6.45) is 2.88. The van der Waals surface area contributed by atoms with Crippen LogP contribution in [0.4, 0.5) is 0 Å². The van der Waals surface area contributed by atoms with Gasteiger partial charge >= 0.3 is 0 Å². The highest BCUT2D eigenvalue weighted by molar-refractivity contribution is 8.14. The van der Waals surface area contributed by atoms with Crippen LogP contribution in [0.25, 0.3) is 0 Å².